The van der Waals surface area contributed by atoms with Gasteiger partial charge in [-0.2, -0.15) is 0 Å². The average Bonchev–Trinajstić information content (AvgIpc) is 2.42. The van der Waals surface area contributed by atoms with Gasteiger partial charge in [0, 0.05) is 11.4 Å². The van der Waals surface area contributed by atoms with E-state index in [4.69, 9.17) is 0 Å². The molecule has 0 saturated carbocycles. The molecule has 13 heavy (non-hydrogen) atoms. The number of halogens is 1. The highest BCUT2D eigenvalue weighted by Crippen LogP contribution is 2.16. The third-order valence-corrected chi connectivity index (χ3v) is 4.79. The van der Waals surface area contributed by atoms with E-state index in [1.807, 2.05) is 7.05 Å². The number of alkyl halides is 1. The molecule has 3 nitrogen and oxygen atoms in total. The molecule has 5 heteroatoms. The Bertz CT molecular complexity index is 253. The van der Waals surface area contributed by atoms with Crippen molar-refractivity contribution in [3.63, 3.8) is 0 Å². The lowest BCUT2D eigenvalue weighted by Gasteiger charge is -2.22. The second kappa shape index (κ2) is 4.75. The summed E-state index contributed by atoms with van der Waals surface area (Å²) in [6.45, 7) is 0.978. The molecule has 0 amide bonds. The van der Waals surface area contributed by atoms with Crippen LogP contribution in [0.4, 0.5) is 0 Å². The van der Waals surface area contributed by atoms with Crippen LogP contribution in [0.5, 0.6) is 0 Å². The van der Waals surface area contributed by atoms with Gasteiger partial charge in [-0.25, -0.2) is 8.42 Å². The van der Waals surface area contributed by atoms with Crippen LogP contribution in [0.2, 0.25) is 0 Å². The van der Waals surface area contributed by atoms with Gasteiger partial charge in [-0.05, 0) is 26.4 Å². The first-order valence-corrected chi connectivity index (χ1v) is 7.46. The normalized spacial score (nSPS) is 26.8. The molecule has 1 aliphatic rings. The molecule has 1 heterocycles. The third kappa shape index (κ3) is 3.56. The molecule has 0 aliphatic carbocycles. The van der Waals surface area contributed by atoms with Crippen LogP contribution < -0.4 is 0 Å². The van der Waals surface area contributed by atoms with Gasteiger partial charge in [-0.1, -0.05) is 15.9 Å². The van der Waals surface area contributed by atoms with Crippen molar-refractivity contribution in [2.24, 2.45) is 0 Å². The maximum absolute atomic E-state index is 11.2. The number of hydrogen-bond donors (Lipinski definition) is 0. The Kier molecular flexibility index (Phi) is 4.19. The smallest absolute Gasteiger partial charge is 0.151 e. The summed E-state index contributed by atoms with van der Waals surface area (Å²) in [5.74, 6) is 0.724. The van der Waals surface area contributed by atoms with E-state index in [0.717, 1.165) is 24.7 Å². The summed E-state index contributed by atoms with van der Waals surface area (Å²) in [4.78, 5) is 2.16. The van der Waals surface area contributed by atoms with Crippen molar-refractivity contribution < 1.29 is 8.42 Å². The van der Waals surface area contributed by atoms with Gasteiger partial charge in [0.15, 0.2) is 9.84 Å². The predicted molar refractivity (Wildman–Crippen MR) is 58.1 cm³/mol. The lowest BCUT2D eigenvalue weighted by atomic mass is 10.2. The summed E-state index contributed by atoms with van der Waals surface area (Å²) in [6, 6.07) is 0.254. The lowest BCUT2D eigenvalue weighted by molar-refractivity contribution is 0.263. The van der Waals surface area contributed by atoms with Crippen molar-refractivity contribution in [3.05, 3.63) is 0 Å². The van der Waals surface area contributed by atoms with Gasteiger partial charge in [-0.3, -0.25) is 0 Å². The SMILES string of the molecule is CN(CCCBr)C1CCS(=O)(=O)C1. The number of rotatable bonds is 4. The second-order valence-corrected chi connectivity index (χ2v) is 6.60. The molecule has 78 valence electrons. The zero-order chi connectivity index (χ0) is 9.90. The molecule has 1 unspecified atom stereocenters. The fourth-order valence-electron chi connectivity index (χ4n) is 1.61. The van der Waals surface area contributed by atoms with Crippen LogP contribution in [0.3, 0.4) is 0 Å². The van der Waals surface area contributed by atoms with Gasteiger partial charge in [0.25, 0.3) is 0 Å². The Balaban J connectivity index is 2.37. The standard InChI is InChI=1S/C8H16BrNO2S/c1-10(5-2-4-9)8-3-6-13(11,12)7-8/h8H,2-7H2,1H3. The van der Waals surface area contributed by atoms with Gasteiger partial charge in [-0.15, -0.1) is 0 Å². The minimum atomic E-state index is -2.72. The van der Waals surface area contributed by atoms with Crippen LogP contribution in [0, 0.1) is 0 Å². The monoisotopic (exact) mass is 269 g/mol. The fourth-order valence-corrected chi connectivity index (χ4v) is 3.67. The average molecular weight is 270 g/mol. The first-order valence-electron chi connectivity index (χ1n) is 4.52. The lowest BCUT2D eigenvalue weighted by Crippen LogP contribution is -2.33. The summed E-state index contributed by atoms with van der Waals surface area (Å²) in [6.07, 6.45) is 1.88. The molecule has 1 rings (SSSR count). The van der Waals surface area contributed by atoms with Gasteiger partial charge in [0.05, 0.1) is 11.5 Å². The van der Waals surface area contributed by atoms with E-state index >= 15 is 0 Å². The fraction of sp³-hybridized carbons (Fsp3) is 1.00. The Morgan fingerprint density at radius 2 is 2.23 bits per heavy atom. The molecule has 0 N–H and O–H groups in total. The topological polar surface area (TPSA) is 37.4 Å². The molecule has 1 atom stereocenters. The van der Waals surface area contributed by atoms with E-state index < -0.39 is 9.84 Å². The van der Waals surface area contributed by atoms with Crippen molar-refractivity contribution in [2.75, 3.05) is 30.4 Å². The van der Waals surface area contributed by atoms with Crippen molar-refractivity contribution in [3.8, 4) is 0 Å². The molecule has 0 bridgehead atoms. The summed E-state index contributed by atoms with van der Waals surface area (Å²) in [5, 5.41) is 0.983. The van der Waals surface area contributed by atoms with E-state index in [9.17, 15) is 8.42 Å². The number of sulfone groups is 1. The zero-order valence-corrected chi connectivity index (χ0v) is 10.3. The van der Waals surface area contributed by atoms with Gasteiger partial charge >= 0.3 is 0 Å². The Morgan fingerprint density at radius 1 is 1.54 bits per heavy atom. The van der Waals surface area contributed by atoms with Crippen LogP contribution >= 0.6 is 15.9 Å². The molecule has 1 fully saturated rings. The van der Waals surface area contributed by atoms with Crippen molar-refractivity contribution in [1.29, 1.82) is 0 Å². The second-order valence-electron chi connectivity index (χ2n) is 3.58. The van der Waals surface area contributed by atoms with Gasteiger partial charge in [0.2, 0.25) is 0 Å². The first-order chi connectivity index (χ1) is 6.05. The number of nitrogens with zero attached hydrogens (tertiary/aromatic N) is 1. The quantitative estimate of drug-likeness (QED) is 0.712. The molecule has 0 radical (unpaired) electrons. The molecular formula is C8H16BrNO2S. The Hall–Kier alpha value is 0.390. The summed E-state index contributed by atoms with van der Waals surface area (Å²) in [5.41, 5.74) is 0. The summed E-state index contributed by atoms with van der Waals surface area (Å²) >= 11 is 3.36. The third-order valence-electron chi connectivity index (χ3n) is 2.48. The highest BCUT2D eigenvalue weighted by Gasteiger charge is 2.29. The predicted octanol–water partition coefficient (Wildman–Crippen LogP) is 0.890. The Morgan fingerprint density at radius 3 is 2.69 bits per heavy atom. The van der Waals surface area contributed by atoms with Gasteiger partial charge < -0.3 is 4.90 Å². The van der Waals surface area contributed by atoms with Gasteiger partial charge in [0.1, 0.15) is 0 Å². The molecule has 0 aromatic rings. The minimum Gasteiger partial charge on any atom is -0.302 e. The maximum Gasteiger partial charge on any atom is 0.151 e. The molecule has 1 saturated heterocycles. The maximum atomic E-state index is 11.2. The number of hydrogen-bond acceptors (Lipinski definition) is 3. The van der Waals surface area contributed by atoms with E-state index in [1.54, 1.807) is 0 Å². The van der Waals surface area contributed by atoms with Crippen LogP contribution in [-0.4, -0.2) is 49.8 Å². The van der Waals surface area contributed by atoms with E-state index in [0.29, 0.717) is 11.5 Å². The molecule has 0 aromatic heterocycles. The zero-order valence-electron chi connectivity index (χ0n) is 7.87. The van der Waals surface area contributed by atoms with Crippen LogP contribution in [0.25, 0.3) is 0 Å². The van der Waals surface area contributed by atoms with Crippen molar-refractivity contribution in [2.45, 2.75) is 18.9 Å². The molecule has 0 spiro atoms. The van der Waals surface area contributed by atoms with E-state index in [-0.39, 0.29) is 6.04 Å². The summed E-state index contributed by atoms with van der Waals surface area (Å²) < 4.78 is 22.4. The highest BCUT2D eigenvalue weighted by atomic mass is 79.9. The van der Waals surface area contributed by atoms with Crippen LogP contribution in [0.15, 0.2) is 0 Å². The summed E-state index contributed by atoms with van der Waals surface area (Å²) in [7, 11) is -0.711. The minimum absolute atomic E-state index is 0.254. The Labute approximate surface area is 88.5 Å². The van der Waals surface area contributed by atoms with Crippen molar-refractivity contribution >= 4 is 25.8 Å². The molecular weight excluding hydrogens is 254 g/mol. The van der Waals surface area contributed by atoms with E-state index in [1.165, 1.54) is 0 Å². The van der Waals surface area contributed by atoms with Crippen LogP contribution in [0.1, 0.15) is 12.8 Å². The highest BCUT2D eigenvalue weighted by molar-refractivity contribution is 9.09. The molecule has 0 aromatic carbocycles. The van der Waals surface area contributed by atoms with E-state index in [2.05, 4.69) is 20.8 Å². The first kappa shape index (κ1) is 11.5. The largest absolute Gasteiger partial charge is 0.302 e. The van der Waals surface area contributed by atoms with Crippen molar-refractivity contribution in [1.82, 2.24) is 4.90 Å². The van der Waals surface area contributed by atoms with Crippen LogP contribution in [-0.2, 0) is 9.84 Å². The molecule has 1 aliphatic heterocycles.